The van der Waals surface area contributed by atoms with Crippen molar-refractivity contribution >= 4 is 17.7 Å². The molecular formula is C15H12O9. The third-order valence-electron chi connectivity index (χ3n) is 3.75. The van der Waals surface area contributed by atoms with Crippen LogP contribution in [0.5, 0.6) is 17.2 Å². The van der Waals surface area contributed by atoms with E-state index in [4.69, 9.17) is 9.84 Å². The van der Waals surface area contributed by atoms with Gasteiger partial charge in [-0.05, 0) is 5.57 Å². The average molecular weight is 336 g/mol. The van der Waals surface area contributed by atoms with Crippen molar-refractivity contribution in [1.29, 1.82) is 0 Å². The number of carboxylic acid groups (broad SMARTS) is 1. The number of aliphatic hydroxyl groups is 1. The number of aliphatic carboxylic acids is 1. The summed E-state index contributed by atoms with van der Waals surface area (Å²) in [7, 11) is 0. The number of benzene rings is 1. The molecule has 2 heterocycles. The number of esters is 1. The number of aromatic hydroxyl groups is 2. The van der Waals surface area contributed by atoms with Crippen LogP contribution < -0.4 is 4.74 Å². The molecule has 0 spiro atoms. The van der Waals surface area contributed by atoms with E-state index in [0.717, 1.165) is 18.2 Å². The van der Waals surface area contributed by atoms with Gasteiger partial charge in [0.15, 0.2) is 12.2 Å². The Hall–Kier alpha value is -3.07. The first-order valence-electron chi connectivity index (χ1n) is 6.86. The largest absolute Gasteiger partial charge is 0.508 e. The molecule has 24 heavy (non-hydrogen) atoms. The van der Waals surface area contributed by atoms with Crippen LogP contribution in [0.3, 0.4) is 0 Å². The quantitative estimate of drug-likeness (QED) is 0.535. The molecular weight excluding hydrogens is 324 g/mol. The van der Waals surface area contributed by atoms with Crippen molar-refractivity contribution in [3.63, 3.8) is 0 Å². The highest BCUT2D eigenvalue weighted by molar-refractivity contribution is 6.06. The Morgan fingerprint density at radius 2 is 1.88 bits per heavy atom. The topological polar surface area (TPSA) is 151 Å². The molecule has 0 bridgehead atoms. The first-order valence-corrected chi connectivity index (χ1v) is 6.86. The molecule has 0 amide bonds. The average Bonchev–Trinajstić information content (AvgIpc) is 2.49. The van der Waals surface area contributed by atoms with Gasteiger partial charge in [-0.2, -0.15) is 0 Å². The van der Waals surface area contributed by atoms with Crippen LogP contribution in [0.4, 0.5) is 0 Å². The van der Waals surface area contributed by atoms with E-state index in [-0.39, 0.29) is 29.1 Å². The monoisotopic (exact) mass is 336 g/mol. The molecule has 9 nitrogen and oxygen atoms in total. The molecule has 2 aliphatic heterocycles. The fourth-order valence-corrected chi connectivity index (χ4v) is 2.67. The number of cyclic esters (lactones) is 1. The molecule has 4 N–H and O–H groups in total. The Kier molecular flexibility index (Phi) is 3.64. The van der Waals surface area contributed by atoms with Crippen LogP contribution in [0.1, 0.15) is 16.8 Å². The zero-order valence-electron chi connectivity index (χ0n) is 12.0. The summed E-state index contributed by atoms with van der Waals surface area (Å²) in [4.78, 5) is 34.8. The highest BCUT2D eigenvalue weighted by Crippen LogP contribution is 2.40. The van der Waals surface area contributed by atoms with Gasteiger partial charge in [0, 0.05) is 24.6 Å². The van der Waals surface area contributed by atoms with E-state index in [1.807, 2.05) is 0 Å². The van der Waals surface area contributed by atoms with Crippen LogP contribution in [0.15, 0.2) is 23.8 Å². The summed E-state index contributed by atoms with van der Waals surface area (Å²) in [5, 5.41) is 38.4. The predicted octanol–water partition coefficient (Wildman–Crippen LogP) is -0.271. The summed E-state index contributed by atoms with van der Waals surface area (Å²) in [6.45, 7) is 0. The minimum Gasteiger partial charge on any atom is -0.508 e. The van der Waals surface area contributed by atoms with Crippen LogP contribution in [-0.2, 0) is 14.3 Å². The molecule has 2 aliphatic rings. The lowest BCUT2D eigenvalue weighted by Crippen LogP contribution is -2.46. The van der Waals surface area contributed by atoms with Crippen LogP contribution in [0.25, 0.3) is 0 Å². The number of hydrogen-bond acceptors (Lipinski definition) is 8. The van der Waals surface area contributed by atoms with Crippen molar-refractivity contribution in [2.45, 2.75) is 24.7 Å². The number of ether oxygens (including phenoxy) is 2. The third kappa shape index (κ3) is 2.54. The van der Waals surface area contributed by atoms with Crippen LogP contribution in [-0.4, -0.2) is 56.5 Å². The molecule has 126 valence electrons. The first kappa shape index (κ1) is 15.8. The van der Waals surface area contributed by atoms with Gasteiger partial charge in [0.25, 0.3) is 0 Å². The lowest BCUT2D eigenvalue weighted by Gasteiger charge is -2.33. The second-order valence-corrected chi connectivity index (χ2v) is 5.37. The minimum absolute atomic E-state index is 0.0629. The Labute approximate surface area is 134 Å². The lowest BCUT2D eigenvalue weighted by atomic mass is 9.89. The fraction of sp³-hybridized carbons (Fsp3) is 0.267. The maximum Gasteiger partial charge on any atom is 0.345 e. The van der Waals surface area contributed by atoms with Gasteiger partial charge in [-0.3, -0.25) is 4.79 Å². The molecule has 0 fully saturated rings. The van der Waals surface area contributed by atoms with Crippen molar-refractivity contribution in [1.82, 2.24) is 0 Å². The number of Topliss-reactive ketones (excluding diaryl/α,β-unsaturated/α-hetero) is 1. The smallest absolute Gasteiger partial charge is 0.345 e. The maximum absolute atomic E-state index is 12.3. The molecule has 0 aliphatic carbocycles. The summed E-state index contributed by atoms with van der Waals surface area (Å²) in [5.41, 5.74) is -0.238. The number of carbonyl (C=O) groups excluding carboxylic acids is 2. The van der Waals surface area contributed by atoms with E-state index >= 15 is 0 Å². The molecule has 0 unspecified atom stereocenters. The fourth-order valence-electron chi connectivity index (χ4n) is 2.67. The lowest BCUT2D eigenvalue weighted by molar-refractivity contribution is -0.162. The second kappa shape index (κ2) is 5.53. The number of carboxylic acids is 1. The predicted molar refractivity (Wildman–Crippen MR) is 74.7 cm³/mol. The van der Waals surface area contributed by atoms with E-state index in [1.54, 1.807) is 0 Å². The van der Waals surface area contributed by atoms with Crippen molar-refractivity contribution in [2.24, 2.45) is 0 Å². The molecule has 3 rings (SSSR count). The van der Waals surface area contributed by atoms with Gasteiger partial charge in [-0.25, -0.2) is 9.59 Å². The molecule has 0 saturated carbocycles. The van der Waals surface area contributed by atoms with Crippen LogP contribution in [0.2, 0.25) is 0 Å². The van der Waals surface area contributed by atoms with E-state index < -0.39 is 41.8 Å². The Morgan fingerprint density at radius 1 is 1.17 bits per heavy atom. The number of phenolic OH excluding ortho intramolecular Hbond substituents is 2. The van der Waals surface area contributed by atoms with Gasteiger partial charge in [0.05, 0.1) is 0 Å². The van der Waals surface area contributed by atoms with Gasteiger partial charge >= 0.3 is 11.9 Å². The minimum atomic E-state index is -1.75. The van der Waals surface area contributed by atoms with Gasteiger partial charge in [-0.1, -0.05) is 0 Å². The summed E-state index contributed by atoms with van der Waals surface area (Å²) in [6.07, 6.45) is -3.85. The summed E-state index contributed by atoms with van der Waals surface area (Å²) in [5.74, 6) is -4.29. The molecule has 0 saturated heterocycles. The van der Waals surface area contributed by atoms with Gasteiger partial charge < -0.3 is 29.9 Å². The summed E-state index contributed by atoms with van der Waals surface area (Å²) < 4.78 is 10.1. The first-order chi connectivity index (χ1) is 11.3. The number of aliphatic hydroxyl groups excluding tert-OH is 1. The normalized spacial score (nSPS) is 26.0. The highest BCUT2D eigenvalue weighted by Gasteiger charge is 2.42. The van der Waals surface area contributed by atoms with Gasteiger partial charge in [0.2, 0.25) is 11.9 Å². The number of fused-ring (bicyclic) bond motifs is 1. The number of phenols is 2. The zero-order chi connectivity index (χ0) is 17.6. The second-order valence-electron chi connectivity index (χ2n) is 5.37. The SMILES string of the molecule is O=C1C=C([C@H]2Oc3cc(O)cc(O)c3C(=O)[C@@H]2O)C[C@H](C(=O)O)O1. The van der Waals surface area contributed by atoms with Gasteiger partial charge in [0.1, 0.15) is 22.8 Å². The Bertz CT molecular complexity index is 779. The van der Waals surface area contributed by atoms with Gasteiger partial charge in [-0.15, -0.1) is 0 Å². The molecule has 1 aromatic rings. The Balaban J connectivity index is 1.99. The molecule has 0 radical (unpaired) electrons. The standard InChI is InChI=1S/C15H12O9/c16-6-3-7(17)11-8(4-6)24-14(13(20)12(11)19)5-1-9(15(21)22)23-10(18)2-5/h2-4,9,13-14,16-17,20H,1H2,(H,21,22)/t9-,13+,14-/m1/s1. The summed E-state index contributed by atoms with van der Waals surface area (Å²) in [6, 6.07) is 1.99. The number of carbonyl (C=O) groups is 3. The van der Waals surface area contributed by atoms with Crippen LogP contribution >= 0.6 is 0 Å². The van der Waals surface area contributed by atoms with Crippen molar-refractivity contribution in [3.05, 3.63) is 29.3 Å². The van der Waals surface area contributed by atoms with E-state index in [1.165, 1.54) is 0 Å². The third-order valence-corrected chi connectivity index (χ3v) is 3.75. The Morgan fingerprint density at radius 3 is 2.54 bits per heavy atom. The zero-order valence-corrected chi connectivity index (χ0v) is 12.0. The summed E-state index contributed by atoms with van der Waals surface area (Å²) >= 11 is 0. The molecule has 1 aromatic carbocycles. The van der Waals surface area contributed by atoms with Crippen LogP contribution in [0, 0.1) is 0 Å². The van der Waals surface area contributed by atoms with Crippen molar-refractivity contribution < 1.29 is 44.3 Å². The van der Waals surface area contributed by atoms with Crippen molar-refractivity contribution in [3.8, 4) is 17.2 Å². The molecule has 9 heteroatoms. The van der Waals surface area contributed by atoms with E-state index in [2.05, 4.69) is 4.74 Å². The highest BCUT2D eigenvalue weighted by atomic mass is 16.6. The molecule has 0 aromatic heterocycles. The maximum atomic E-state index is 12.3. The van der Waals surface area contributed by atoms with E-state index in [0.29, 0.717) is 0 Å². The number of ketones is 1. The number of hydrogen-bond donors (Lipinski definition) is 4. The number of rotatable bonds is 2. The van der Waals surface area contributed by atoms with Crippen molar-refractivity contribution in [2.75, 3.05) is 0 Å². The van der Waals surface area contributed by atoms with E-state index in [9.17, 15) is 29.7 Å². The molecule has 3 atom stereocenters.